The van der Waals surface area contributed by atoms with E-state index < -0.39 is 0 Å². The topological polar surface area (TPSA) is 66.8 Å². The van der Waals surface area contributed by atoms with Gasteiger partial charge in [-0.15, -0.1) is 0 Å². The molecule has 0 rings (SSSR count). The molecule has 5 nitrogen and oxygen atoms in total. The molecule has 0 aromatic rings. The molecule has 150 valence electrons. The lowest BCUT2D eigenvalue weighted by Gasteiger charge is -2.15. The lowest BCUT2D eigenvalue weighted by Crippen LogP contribution is -2.27. The van der Waals surface area contributed by atoms with Crippen molar-refractivity contribution in [3.8, 4) is 0 Å². The fourth-order valence-corrected chi connectivity index (χ4v) is 2.48. The molecule has 5 heteroatoms. The monoisotopic (exact) mass is 367 g/mol. The van der Waals surface area contributed by atoms with Crippen molar-refractivity contribution >= 4 is 11.9 Å². The summed E-state index contributed by atoms with van der Waals surface area (Å²) in [6.45, 7) is 2.84. The van der Waals surface area contributed by atoms with Crippen LogP contribution in [0, 0.1) is 0 Å². The molecular weight excluding hydrogens is 330 g/mol. The highest BCUT2D eigenvalue weighted by molar-refractivity contribution is 5.75. The van der Waals surface area contributed by atoms with Crippen LogP contribution in [-0.2, 0) is 14.3 Å². The summed E-state index contributed by atoms with van der Waals surface area (Å²) in [5, 5.41) is 9.76. The number of allylic oxidation sites excluding steroid dienone is 2. The Morgan fingerprint density at radius 1 is 1.08 bits per heavy atom. The number of methoxy groups -OCH3 is 1. The SMILES string of the molecule is CCCCCC(O)/C=C/C=C\CCN(C)C(=O)CCCCCC(=O)OC. The molecule has 26 heavy (non-hydrogen) atoms. The molecule has 0 heterocycles. The average molecular weight is 368 g/mol. The standard InChI is InChI=1S/C21H37NO4/c1-4-5-9-14-19(23)15-10-6-7-13-18-22(2)20(24)16-11-8-12-17-21(25)26-3/h6-7,10,15,19,23H,4-5,8-9,11-14,16-18H2,1-3H3/b7-6-,15-10+. The second kappa shape index (κ2) is 16.8. The molecule has 1 atom stereocenters. The molecule has 0 bridgehead atoms. The van der Waals surface area contributed by atoms with Crippen molar-refractivity contribution < 1.29 is 19.4 Å². The second-order valence-corrected chi connectivity index (χ2v) is 6.62. The van der Waals surface area contributed by atoms with Crippen LogP contribution in [-0.4, -0.2) is 48.7 Å². The minimum atomic E-state index is -0.366. The average Bonchev–Trinajstić information content (AvgIpc) is 2.63. The van der Waals surface area contributed by atoms with Crippen molar-refractivity contribution in [3.05, 3.63) is 24.3 Å². The van der Waals surface area contributed by atoms with E-state index in [9.17, 15) is 14.7 Å². The van der Waals surface area contributed by atoms with E-state index in [1.165, 1.54) is 7.11 Å². The Bertz CT molecular complexity index is 432. The van der Waals surface area contributed by atoms with Gasteiger partial charge in [0, 0.05) is 26.4 Å². The molecule has 0 aliphatic rings. The lowest BCUT2D eigenvalue weighted by molar-refractivity contribution is -0.140. The molecule has 1 amide bonds. The van der Waals surface area contributed by atoms with Crippen LogP contribution in [0.3, 0.4) is 0 Å². The second-order valence-electron chi connectivity index (χ2n) is 6.62. The number of rotatable bonds is 15. The summed E-state index contributed by atoms with van der Waals surface area (Å²) in [4.78, 5) is 24.7. The van der Waals surface area contributed by atoms with E-state index in [1.54, 1.807) is 4.90 Å². The van der Waals surface area contributed by atoms with Crippen LogP contribution < -0.4 is 0 Å². The Morgan fingerprint density at radius 3 is 2.50 bits per heavy atom. The van der Waals surface area contributed by atoms with Gasteiger partial charge in [0.25, 0.3) is 0 Å². The maximum atomic E-state index is 12.0. The first kappa shape index (κ1) is 24.4. The highest BCUT2D eigenvalue weighted by Gasteiger charge is 2.07. The van der Waals surface area contributed by atoms with E-state index >= 15 is 0 Å². The van der Waals surface area contributed by atoms with Crippen LogP contribution in [0.15, 0.2) is 24.3 Å². The van der Waals surface area contributed by atoms with E-state index in [4.69, 9.17) is 0 Å². The van der Waals surface area contributed by atoms with Gasteiger partial charge in [-0.2, -0.15) is 0 Å². The first-order valence-electron chi connectivity index (χ1n) is 9.83. The first-order chi connectivity index (χ1) is 12.5. The normalized spacial score (nSPS) is 12.6. The zero-order valence-electron chi connectivity index (χ0n) is 16.8. The number of amides is 1. The molecular formula is C21H37NO4. The van der Waals surface area contributed by atoms with E-state index in [2.05, 4.69) is 11.7 Å². The highest BCUT2D eigenvalue weighted by atomic mass is 16.5. The number of hydrogen-bond acceptors (Lipinski definition) is 4. The Balaban J connectivity index is 3.74. The molecule has 0 aliphatic carbocycles. The Hall–Kier alpha value is -1.62. The van der Waals surface area contributed by atoms with Crippen molar-refractivity contribution in [3.63, 3.8) is 0 Å². The largest absolute Gasteiger partial charge is 0.469 e. The van der Waals surface area contributed by atoms with Crippen molar-refractivity contribution in [2.24, 2.45) is 0 Å². The highest BCUT2D eigenvalue weighted by Crippen LogP contribution is 2.06. The number of esters is 1. The van der Waals surface area contributed by atoms with Crippen LogP contribution in [0.2, 0.25) is 0 Å². The molecule has 0 fully saturated rings. The number of aliphatic hydroxyl groups is 1. The summed E-state index contributed by atoms with van der Waals surface area (Å²) in [6, 6.07) is 0. The number of carbonyl (C=O) groups excluding carboxylic acids is 2. The summed E-state index contributed by atoms with van der Waals surface area (Å²) in [6.07, 6.45) is 15.6. The van der Waals surface area contributed by atoms with Gasteiger partial charge in [0.05, 0.1) is 13.2 Å². The van der Waals surface area contributed by atoms with Gasteiger partial charge in [0.2, 0.25) is 5.91 Å². The zero-order chi connectivity index (χ0) is 19.6. The summed E-state index contributed by atoms with van der Waals surface area (Å²) in [5.74, 6) is -0.0545. The molecule has 0 aromatic carbocycles. The minimum Gasteiger partial charge on any atom is -0.469 e. The van der Waals surface area contributed by atoms with E-state index in [0.29, 0.717) is 19.4 Å². The Labute approximate surface area is 159 Å². The fourth-order valence-electron chi connectivity index (χ4n) is 2.48. The lowest BCUT2D eigenvalue weighted by atomic mass is 10.1. The van der Waals surface area contributed by atoms with Gasteiger partial charge in [-0.1, -0.05) is 56.9 Å². The molecule has 0 spiro atoms. The number of hydrogen-bond donors (Lipinski definition) is 1. The van der Waals surface area contributed by atoms with Crippen LogP contribution in [0.5, 0.6) is 0 Å². The predicted octanol–water partition coefficient (Wildman–Crippen LogP) is 4.01. The molecule has 0 saturated heterocycles. The quantitative estimate of drug-likeness (QED) is 0.270. The van der Waals surface area contributed by atoms with Crippen LogP contribution in [0.25, 0.3) is 0 Å². The van der Waals surface area contributed by atoms with E-state index in [0.717, 1.165) is 51.4 Å². The summed E-state index contributed by atoms with van der Waals surface area (Å²) < 4.78 is 4.58. The third-order valence-corrected chi connectivity index (χ3v) is 4.24. The van der Waals surface area contributed by atoms with Gasteiger partial charge < -0.3 is 14.7 Å². The molecule has 0 radical (unpaired) electrons. The maximum absolute atomic E-state index is 12.0. The van der Waals surface area contributed by atoms with Crippen LogP contribution in [0.4, 0.5) is 0 Å². The molecule has 0 saturated carbocycles. The van der Waals surface area contributed by atoms with Gasteiger partial charge in [0.15, 0.2) is 0 Å². The van der Waals surface area contributed by atoms with Gasteiger partial charge in [-0.25, -0.2) is 0 Å². The predicted molar refractivity (Wildman–Crippen MR) is 106 cm³/mol. The van der Waals surface area contributed by atoms with Gasteiger partial charge in [-0.05, 0) is 25.7 Å². The number of carbonyl (C=O) groups is 2. The van der Waals surface area contributed by atoms with Crippen LogP contribution >= 0.6 is 0 Å². The fraction of sp³-hybridized carbons (Fsp3) is 0.714. The smallest absolute Gasteiger partial charge is 0.305 e. The van der Waals surface area contributed by atoms with Crippen molar-refractivity contribution in [1.29, 1.82) is 0 Å². The maximum Gasteiger partial charge on any atom is 0.305 e. The van der Waals surface area contributed by atoms with Gasteiger partial charge >= 0.3 is 5.97 Å². The molecule has 0 aliphatic heterocycles. The Kier molecular flexibility index (Phi) is 15.8. The molecule has 1 N–H and O–H groups in total. The zero-order valence-corrected chi connectivity index (χ0v) is 16.8. The number of unbranched alkanes of at least 4 members (excludes halogenated alkanes) is 4. The number of aliphatic hydroxyl groups excluding tert-OH is 1. The van der Waals surface area contributed by atoms with Crippen molar-refractivity contribution in [1.82, 2.24) is 4.90 Å². The van der Waals surface area contributed by atoms with Crippen molar-refractivity contribution in [2.75, 3.05) is 20.7 Å². The Morgan fingerprint density at radius 2 is 1.81 bits per heavy atom. The number of nitrogens with zero attached hydrogens (tertiary/aromatic N) is 1. The summed E-state index contributed by atoms with van der Waals surface area (Å²) in [7, 11) is 3.21. The molecule has 1 unspecified atom stereocenters. The minimum absolute atomic E-state index is 0.137. The van der Waals surface area contributed by atoms with E-state index in [-0.39, 0.29) is 18.0 Å². The number of ether oxygens (including phenoxy) is 1. The summed E-state index contributed by atoms with van der Waals surface area (Å²) in [5.41, 5.74) is 0. The van der Waals surface area contributed by atoms with E-state index in [1.807, 2.05) is 31.4 Å². The molecule has 0 aromatic heterocycles. The first-order valence-corrected chi connectivity index (χ1v) is 9.83. The third-order valence-electron chi connectivity index (χ3n) is 4.24. The van der Waals surface area contributed by atoms with Gasteiger partial charge in [-0.3, -0.25) is 9.59 Å². The third kappa shape index (κ3) is 14.7. The van der Waals surface area contributed by atoms with Crippen LogP contribution in [0.1, 0.15) is 71.1 Å². The summed E-state index contributed by atoms with van der Waals surface area (Å²) >= 11 is 0. The van der Waals surface area contributed by atoms with Gasteiger partial charge in [0.1, 0.15) is 0 Å². The van der Waals surface area contributed by atoms with Crippen molar-refractivity contribution in [2.45, 2.75) is 77.2 Å².